The van der Waals surface area contributed by atoms with Gasteiger partial charge in [-0.3, -0.25) is 0 Å². The van der Waals surface area contributed by atoms with E-state index < -0.39 is 46.4 Å². The van der Waals surface area contributed by atoms with Crippen LogP contribution in [0.1, 0.15) is 19.0 Å². The molecular formula is C19H21F4N7O2S. The second-order valence-electron chi connectivity index (χ2n) is 8.03. The van der Waals surface area contributed by atoms with Gasteiger partial charge in [0.15, 0.2) is 5.65 Å². The fraction of sp³-hybridized carbons (Fsp3) is 0.474. The number of fused-ring (bicyclic) bond motifs is 1. The monoisotopic (exact) mass is 487 g/mol. The summed E-state index contributed by atoms with van der Waals surface area (Å²) in [5.41, 5.74) is 0.570. The van der Waals surface area contributed by atoms with E-state index in [-0.39, 0.29) is 13.1 Å². The van der Waals surface area contributed by atoms with Crippen molar-refractivity contribution in [2.24, 2.45) is 11.8 Å². The van der Waals surface area contributed by atoms with Gasteiger partial charge in [0, 0.05) is 31.6 Å². The lowest BCUT2D eigenvalue weighted by Gasteiger charge is -2.43. The second-order valence-corrected chi connectivity index (χ2v) is 9.86. The molecule has 0 radical (unpaired) electrons. The van der Waals surface area contributed by atoms with Gasteiger partial charge in [-0.05, 0) is 12.1 Å². The third-order valence-corrected chi connectivity index (χ3v) is 6.26. The van der Waals surface area contributed by atoms with Crippen molar-refractivity contribution in [2.75, 3.05) is 30.8 Å². The summed E-state index contributed by atoms with van der Waals surface area (Å²) in [6.07, 6.45) is 0.812. The third-order valence-electron chi connectivity index (χ3n) is 5.57. The molecule has 1 N–H and O–H groups in total. The number of anilines is 1. The SMILES string of the molecule is CC1CN(c2cc(-c3cnc4ccc(C(F)F)nn34)ncn2)CC(CNS(C)(=O)=O)C1(F)F. The maximum Gasteiger partial charge on any atom is 0.282 e. The average Bonchev–Trinajstić information content (AvgIpc) is 3.17. The van der Waals surface area contributed by atoms with Gasteiger partial charge in [-0.2, -0.15) is 5.10 Å². The summed E-state index contributed by atoms with van der Waals surface area (Å²) in [5.74, 6) is -5.09. The fourth-order valence-electron chi connectivity index (χ4n) is 3.80. The molecule has 3 aromatic rings. The minimum absolute atomic E-state index is 0.0141. The van der Waals surface area contributed by atoms with Gasteiger partial charge in [0.05, 0.1) is 24.1 Å². The van der Waals surface area contributed by atoms with E-state index in [9.17, 15) is 26.0 Å². The largest absolute Gasteiger partial charge is 0.355 e. The van der Waals surface area contributed by atoms with E-state index in [4.69, 9.17) is 0 Å². The van der Waals surface area contributed by atoms with E-state index in [2.05, 4.69) is 24.8 Å². The molecule has 33 heavy (non-hydrogen) atoms. The molecule has 1 aliphatic rings. The van der Waals surface area contributed by atoms with E-state index in [1.54, 1.807) is 4.90 Å². The van der Waals surface area contributed by atoms with Gasteiger partial charge >= 0.3 is 0 Å². The molecule has 0 spiro atoms. The number of sulfonamides is 1. The second kappa shape index (κ2) is 8.48. The molecule has 9 nitrogen and oxygen atoms in total. The van der Waals surface area contributed by atoms with Gasteiger partial charge in [0.25, 0.3) is 12.3 Å². The van der Waals surface area contributed by atoms with Crippen molar-refractivity contribution in [3.05, 3.63) is 36.4 Å². The number of imidazole rings is 1. The number of rotatable bonds is 6. The number of aromatic nitrogens is 5. The van der Waals surface area contributed by atoms with Gasteiger partial charge in [0.2, 0.25) is 10.0 Å². The van der Waals surface area contributed by atoms with E-state index in [1.165, 1.54) is 42.2 Å². The standard InChI is InChI=1S/C19H21F4N7O2S/c1-11-8-29(9-12(19(11,22)23)6-27-33(2,31)32)17-5-14(25-10-26-17)15-7-24-16-4-3-13(18(20)21)28-30(15)16/h3-5,7,10-12,18,27H,6,8-9H2,1-2H3. The summed E-state index contributed by atoms with van der Waals surface area (Å²) in [6.45, 7) is 0.817. The van der Waals surface area contributed by atoms with Gasteiger partial charge in [-0.15, -0.1) is 0 Å². The topological polar surface area (TPSA) is 105 Å². The molecule has 178 valence electrons. The highest BCUT2D eigenvalue weighted by Crippen LogP contribution is 2.39. The molecule has 4 heterocycles. The van der Waals surface area contributed by atoms with Crippen molar-refractivity contribution in [1.82, 2.24) is 29.3 Å². The van der Waals surface area contributed by atoms with Crippen molar-refractivity contribution in [1.29, 1.82) is 0 Å². The number of alkyl halides is 4. The van der Waals surface area contributed by atoms with Crippen molar-refractivity contribution in [3.63, 3.8) is 0 Å². The Balaban J connectivity index is 1.65. The quantitative estimate of drug-likeness (QED) is 0.532. The maximum absolute atomic E-state index is 14.7. The van der Waals surface area contributed by atoms with Crippen molar-refractivity contribution in [3.8, 4) is 11.4 Å². The summed E-state index contributed by atoms with van der Waals surface area (Å²) < 4.78 is 81.9. The predicted octanol–water partition coefficient (Wildman–Crippen LogP) is 2.38. The molecule has 0 saturated carbocycles. The molecule has 0 aromatic carbocycles. The van der Waals surface area contributed by atoms with Crippen LogP contribution in [0.3, 0.4) is 0 Å². The van der Waals surface area contributed by atoms with Crippen LogP contribution in [-0.2, 0) is 10.0 Å². The highest BCUT2D eigenvalue weighted by atomic mass is 32.2. The van der Waals surface area contributed by atoms with Gasteiger partial charge in [-0.1, -0.05) is 6.92 Å². The molecule has 4 rings (SSSR count). The van der Waals surface area contributed by atoms with Crippen LogP contribution in [0.25, 0.3) is 17.0 Å². The van der Waals surface area contributed by atoms with Crippen LogP contribution < -0.4 is 9.62 Å². The third kappa shape index (κ3) is 4.76. The number of halogens is 4. The molecule has 1 aliphatic heterocycles. The van der Waals surface area contributed by atoms with Crippen molar-refractivity contribution in [2.45, 2.75) is 19.3 Å². The molecule has 0 bridgehead atoms. The summed E-state index contributed by atoms with van der Waals surface area (Å²) >= 11 is 0. The zero-order valence-corrected chi connectivity index (χ0v) is 18.5. The van der Waals surface area contributed by atoms with Crippen LogP contribution >= 0.6 is 0 Å². The average molecular weight is 487 g/mol. The number of piperidine rings is 1. The van der Waals surface area contributed by atoms with Crippen LogP contribution in [0.4, 0.5) is 23.4 Å². The number of nitrogens with zero attached hydrogens (tertiary/aromatic N) is 6. The summed E-state index contributed by atoms with van der Waals surface area (Å²) in [6, 6.07) is 4.13. The lowest BCUT2D eigenvalue weighted by Crippen LogP contribution is -2.56. The van der Waals surface area contributed by atoms with E-state index in [0.717, 1.165) is 6.26 Å². The van der Waals surface area contributed by atoms with Gasteiger partial charge in [0.1, 0.15) is 23.5 Å². The molecule has 14 heteroatoms. The first kappa shape index (κ1) is 23.3. The number of hydrogen-bond acceptors (Lipinski definition) is 7. The maximum atomic E-state index is 14.7. The van der Waals surface area contributed by atoms with Crippen molar-refractivity contribution >= 4 is 21.5 Å². The van der Waals surface area contributed by atoms with Crippen LogP contribution in [-0.4, -0.2) is 64.8 Å². The smallest absolute Gasteiger partial charge is 0.282 e. The molecular weight excluding hydrogens is 466 g/mol. The Labute approximate surface area is 186 Å². The van der Waals surface area contributed by atoms with E-state index in [0.29, 0.717) is 22.9 Å². The Morgan fingerprint density at radius 3 is 2.67 bits per heavy atom. The fourth-order valence-corrected chi connectivity index (χ4v) is 4.30. The lowest BCUT2D eigenvalue weighted by molar-refractivity contribution is -0.108. The van der Waals surface area contributed by atoms with Gasteiger partial charge < -0.3 is 4.90 Å². The Kier molecular flexibility index (Phi) is 5.99. The molecule has 2 unspecified atom stereocenters. The zero-order valence-electron chi connectivity index (χ0n) is 17.7. The van der Waals surface area contributed by atoms with Crippen molar-refractivity contribution < 1.29 is 26.0 Å². The first-order valence-corrected chi connectivity index (χ1v) is 11.9. The lowest BCUT2D eigenvalue weighted by atomic mass is 9.86. The minimum Gasteiger partial charge on any atom is -0.355 e. The molecule has 0 amide bonds. The van der Waals surface area contributed by atoms with Crippen LogP contribution in [0.5, 0.6) is 0 Å². The molecule has 3 aromatic heterocycles. The van der Waals surface area contributed by atoms with E-state index in [1.807, 2.05) is 0 Å². The molecule has 0 aliphatic carbocycles. The normalized spacial score (nSPS) is 21.1. The highest BCUT2D eigenvalue weighted by Gasteiger charge is 2.49. The Bertz CT molecular complexity index is 1270. The van der Waals surface area contributed by atoms with E-state index >= 15 is 0 Å². The number of hydrogen-bond donors (Lipinski definition) is 1. The van der Waals surface area contributed by atoms with Crippen LogP contribution in [0, 0.1) is 11.8 Å². The highest BCUT2D eigenvalue weighted by molar-refractivity contribution is 7.88. The molecule has 1 fully saturated rings. The molecule has 1 saturated heterocycles. The predicted molar refractivity (Wildman–Crippen MR) is 112 cm³/mol. The summed E-state index contributed by atoms with van der Waals surface area (Å²) in [4.78, 5) is 14.1. The zero-order chi connectivity index (χ0) is 24.0. The van der Waals surface area contributed by atoms with Crippen LogP contribution in [0.2, 0.25) is 0 Å². The minimum atomic E-state index is -3.64. The summed E-state index contributed by atoms with van der Waals surface area (Å²) in [7, 11) is -3.64. The summed E-state index contributed by atoms with van der Waals surface area (Å²) in [5, 5.41) is 3.91. The van der Waals surface area contributed by atoms with Gasteiger partial charge in [-0.25, -0.2) is 50.2 Å². The van der Waals surface area contributed by atoms with Crippen LogP contribution in [0.15, 0.2) is 30.7 Å². The first-order valence-electron chi connectivity index (χ1n) is 9.98. The Morgan fingerprint density at radius 2 is 1.97 bits per heavy atom. The first-order chi connectivity index (χ1) is 15.5. The number of nitrogens with one attached hydrogen (secondary N) is 1. The Morgan fingerprint density at radius 1 is 1.21 bits per heavy atom. The Hall–Kier alpha value is -2.87. The molecule has 2 atom stereocenters.